The van der Waals surface area contributed by atoms with Crippen LogP contribution in [0.25, 0.3) is 0 Å². The lowest BCUT2D eigenvalue weighted by molar-refractivity contribution is 0.241. The SMILES string of the molecule is CN(CCCC/C=C/C(C)(C)C)C1CCCC1. The van der Waals surface area contributed by atoms with Crippen LogP contribution in [0.2, 0.25) is 0 Å². The fourth-order valence-corrected chi connectivity index (χ4v) is 2.59. The fraction of sp³-hybridized carbons (Fsp3) is 0.875. The van der Waals surface area contributed by atoms with Crippen molar-refractivity contribution in [1.82, 2.24) is 4.90 Å². The summed E-state index contributed by atoms with van der Waals surface area (Å²) < 4.78 is 0. The summed E-state index contributed by atoms with van der Waals surface area (Å²) in [5, 5.41) is 0. The Balaban J connectivity index is 2.02. The van der Waals surface area contributed by atoms with Crippen molar-refractivity contribution >= 4 is 0 Å². The molecular weight excluding hydrogens is 206 g/mol. The van der Waals surface area contributed by atoms with Crippen molar-refractivity contribution in [1.29, 1.82) is 0 Å². The first kappa shape index (κ1) is 14.8. The summed E-state index contributed by atoms with van der Waals surface area (Å²) in [5.74, 6) is 0. The molecule has 0 radical (unpaired) electrons. The average molecular weight is 237 g/mol. The van der Waals surface area contributed by atoms with Gasteiger partial charge in [0.1, 0.15) is 0 Å². The Morgan fingerprint density at radius 3 is 2.35 bits per heavy atom. The third kappa shape index (κ3) is 6.88. The van der Waals surface area contributed by atoms with Crippen LogP contribution in [0, 0.1) is 5.41 Å². The molecule has 17 heavy (non-hydrogen) atoms. The lowest BCUT2D eigenvalue weighted by Crippen LogP contribution is -2.29. The van der Waals surface area contributed by atoms with Crippen molar-refractivity contribution in [2.75, 3.05) is 13.6 Å². The largest absolute Gasteiger partial charge is 0.303 e. The standard InChI is InChI=1S/C16H31N/c1-16(2,3)13-9-5-6-10-14-17(4)15-11-7-8-12-15/h9,13,15H,5-8,10-12,14H2,1-4H3/b13-9+. The quantitative estimate of drug-likeness (QED) is 0.481. The van der Waals surface area contributed by atoms with Crippen molar-refractivity contribution in [3.63, 3.8) is 0 Å². The number of hydrogen-bond donors (Lipinski definition) is 0. The molecule has 0 aliphatic heterocycles. The average Bonchev–Trinajstić information content (AvgIpc) is 2.74. The smallest absolute Gasteiger partial charge is 0.00922 e. The highest BCUT2D eigenvalue weighted by molar-refractivity contribution is 4.91. The maximum atomic E-state index is 2.58. The van der Waals surface area contributed by atoms with E-state index in [1.54, 1.807) is 0 Å². The van der Waals surface area contributed by atoms with Gasteiger partial charge in [0.15, 0.2) is 0 Å². The van der Waals surface area contributed by atoms with Crippen LogP contribution < -0.4 is 0 Å². The van der Waals surface area contributed by atoms with Gasteiger partial charge in [-0.15, -0.1) is 0 Å². The van der Waals surface area contributed by atoms with Crippen LogP contribution in [0.5, 0.6) is 0 Å². The van der Waals surface area contributed by atoms with E-state index in [9.17, 15) is 0 Å². The molecule has 1 aliphatic carbocycles. The molecular formula is C16H31N. The molecule has 100 valence electrons. The van der Waals surface area contributed by atoms with Gasteiger partial charge in [-0.1, -0.05) is 45.8 Å². The van der Waals surface area contributed by atoms with Gasteiger partial charge < -0.3 is 4.90 Å². The second-order valence-corrected chi connectivity index (χ2v) is 6.68. The summed E-state index contributed by atoms with van der Waals surface area (Å²) >= 11 is 0. The van der Waals surface area contributed by atoms with Crippen molar-refractivity contribution in [3.8, 4) is 0 Å². The van der Waals surface area contributed by atoms with E-state index < -0.39 is 0 Å². The zero-order valence-electron chi connectivity index (χ0n) is 12.3. The molecule has 0 aromatic rings. The second kappa shape index (κ2) is 7.20. The van der Waals surface area contributed by atoms with Crippen LogP contribution in [-0.2, 0) is 0 Å². The summed E-state index contributed by atoms with van der Waals surface area (Å²) in [4.78, 5) is 2.58. The minimum absolute atomic E-state index is 0.348. The van der Waals surface area contributed by atoms with E-state index in [4.69, 9.17) is 0 Å². The predicted molar refractivity (Wildman–Crippen MR) is 77.3 cm³/mol. The van der Waals surface area contributed by atoms with Crippen LogP contribution >= 0.6 is 0 Å². The minimum Gasteiger partial charge on any atom is -0.303 e. The number of nitrogens with zero attached hydrogens (tertiary/aromatic N) is 1. The summed E-state index contributed by atoms with van der Waals surface area (Å²) in [6, 6.07) is 0.889. The van der Waals surface area contributed by atoms with E-state index in [0.717, 1.165) is 6.04 Å². The van der Waals surface area contributed by atoms with Gasteiger partial charge in [-0.25, -0.2) is 0 Å². The summed E-state index contributed by atoms with van der Waals surface area (Å²) in [7, 11) is 2.31. The molecule has 1 heteroatoms. The van der Waals surface area contributed by atoms with Crippen molar-refractivity contribution < 1.29 is 0 Å². The Kier molecular flexibility index (Phi) is 6.26. The molecule has 0 saturated heterocycles. The van der Waals surface area contributed by atoms with Gasteiger partial charge in [0.25, 0.3) is 0 Å². The number of unbranched alkanes of at least 4 members (excludes halogenated alkanes) is 2. The lowest BCUT2D eigenvalue weighted by atomic mass is 9.96. The van der Waals surface area contributed by atoms with Crippen molar-refractivity contribution in [2.24, 2.45) is 5.41 Å². The molecule has 0 bridgehead atoms. The highest BCUT2D eigenvalue weighted by atomic mass is 15.1. The van der Waals surface area contributed by atoms with Gasteiger partial charge in [0.2, 0.25) is 0 Å². The molecule has 1 aliphatic rings. The fourth-order valence-electron chi connectivity index (χ4n) is 2.59. The first-order valence-corrected chi connectivity index (χ1v) is 7.37. The Labute approximate surface area is 108 Å². The van der Waals surface area contributed by atoms with E-state index in [1.165, 1.54) is 51.5 Å². The zero-order valence-corrected chi connectivity index (χ0v) is 12.3. The van der Waals surface area contributed by atoms with Crippen LogP contribution in [-0.4, -0.2) is 24.5 Å². The molecule has 1 fully saturated rings. The predicted octanol–water partition coefficient (Wildman–Crippen LogP) is 4.63. The van der Waals surface area contributed by atoms with E-state index >= 15 is 0 Å². The van der Waals surface area contributed by atoms with E-state index in [0.29, 0.717) is 5.41 Å². The van der Waals surface area contributed by atoms with E-state index in [-0.39, 0.29) is 0 Å². The minimum atomic E-state index is 0.348. The monoisotopic (exact) mass is 237 g/mol. The van der Waals surface area contributed by atoms with E-state index in [1.807, 2.05) is 0 Å². The second-order valence-electron chi connectivity index (χ2n) is 6.68. The molecule has 0 atom stereocenters. The Bertz CT molecular complexity index is 218. The van der Waals surface area contributed by atoms with Crippen molar-refractivity contribution in [2.45, 2.75) is 71.8 Å². The maximum absolute atomic E-state index is 2.58. The third-order valence-corrected chi connectivity index (χ3v) is 3.70. The Hall–Kier alpha value is -0.300. The van der Waals surface area contributed by atoms with Crippen LogP contribution in [0.1, 0.15) is 65.7 Å². The molecule has 0 heterocycles. The summed E-state index contributed by atoms with van der Waals surface area (Å²) in [5.41, 5.74) is 0.348. The highest BCUT2D eigenvalue weighted by Crippen LogP contribution is 2.22. The van der Waals surface area contributed by atoms with Crippen LogP contribution in [0.3, 0.4) is 0 Å². The van der Waals surface area contributed by atoms with Gasteiger partial charge in [-0.05, 0) is 51.1 Å². The molecule has 0 amide bonds. The van der Waals surface area contributed by atoms with Gasteiger partial charge >= 0.3 is 0 Å². The summed E-state index contributed by atoms with van der Waals surface area (Å²) in [6.45, 7) is 8.07. The number of rotatable bonds is 6. The molecule has 0 spiro atoms. The normalized spacial score (nSPS) is 18.6. The molecule has 1 saturated carbocycles. The molecule has 0 unspecified atom stereocenters. The molecule has 0 N–H and O–H groups in total. The molecule has 1 nitrogen and oxygen atoms in total. The van der Waals surface area contributed by atoms with Gasteiger partial charge in [0, 0.05) is 6.04 Å². The highest BCUT2D eigenvalue weighted by Gasteiger charge is 2.18. The Morgan fingerprint density at radius 2 is 1.76 bits per heavy atom. The number of allylic oxidation sites excluding steroid dienone is 2. The van der Waals surface area contributed by atoms with Gasteiger partial charge in [-0.2, -0.15) is 0 Å². The molecule has 1 rings (SSSR count). The topological polar surface area (TPSA) is 3.24 Å². The number of hydrogen-bond acceptors (Lipinski definition) is 1. The van der Waals surface area contributed by atoms with E-state index in [2.05, 4.69) is 44.9 Å². The molecule has 0 aromatic heterocycles. The van der Waals surface area contributed by atoms with Crippen LogP contribution in [0.4, 0.5) is 0 Å². The molecule has 0 aromatic carbocycles. The maximum Gasteiger partial charge on any atom is 0.00922 e. The third-order valence-electron chi connectivity index (χ3n) is 3.70. The zero-order chi connectivity index (χ0) is 12.7. The van der Waals surface area contributed by atoms with Gasteiger partial charge in [-0.3, -0.25) is 0 Å². The van der Waals surface area contributed by atoms with Gasteiger partial charge in [0.05, 0.1) is 0 Å². The Morgan fingerprint density at radius 1 is 1.12 bits per heavy atom. The first-order valence-electron chi connectivity index (χ1n) is 7.37. The summed E-state index contributed by atoms with van der Waals surface area (Å²) in [6.07, 6.45) is 14.4. The van der Waals surface area contributed by atoms with Crippen molar-refractivity contribution in [3.05, 3.63) is 12.2 Å². The van der Waals surface area contributed by atoms with Crippen LogP contribution in [0.15, 0.2) is 12.2 Å². The lowest BCUT2D eigenvalue weighted by Gasteiger charge is -2.23. The first-order chi connectivity index (χ1) is 7.99.